The molecular weight excluding hydrogens is 448 g/mol. The first-order valence-corrected chi connectivity index (χ1v) is 12.3. The fraction of sp³-hybridized carbons (Fsp3) is 0.318. The van der Waals surface area contributed by atoms with Crippen molar-refractivity contribution >= 4 is 39.1 Å². The van der Waals surface area contributed by atoms with E-state index in [9.17, 15) is 8.42 Å². The minimum Gasteiger partial charge on any atom is -0.356 e. The Bertz CT molecular complexity index is 1280. The molecule has 10 heteroatoms. The van der Waals surface area contributed by atoms with Gasteiger partial charge >= 0.3 is 0 Å². The van der Waals surface area contributed by atoms with Gasteiger partial charge in [0, 0.05) is 54.9 Å². The molecule has 2 aromatic heterocycles. The standard InChI is InChI=1S/C22H23ClN6O2S/c1-28-13-16(12-26-28)15-10-20-21(11-15)24-14-25-22(20)29-8-6-18(7-9-29)27-32(30,31)19-4-2-17(23)3-5-19/h2-5,10,12-14,18,27H,6-9,11H2,1H3. The second kappa shape index (κ2) is 8.31. The van der Waals surface area contributed by atoms with Crippen LogP contribution >= 0.6 is 11.6 Å². The highest BCUT2D eigenvalue weighted by atomic mass is 35.5. The van der Waals surface area contributed by atoms with Crippen LogP contribution in [0.1, 0.15) is 29.7 Å². The Balaban J connectivity index is 1.28. The number of sulfonamides is 1. The maximum atomic E-state index is 12.7. The number of halogens is 1. The number of piperidine rings is 1. The highest BCUT2D eigenvalue weighted by Gasteiger charge is 2.28. The minimum absolute atomic E-state index is 0.122. The molecule has 166 valence electrons. The Kier molecular flexibility index (Phi) is 5.48. The molecule has 1 N–H and O–H groups in total. The van der Waals surface area contributed by atoms with E-state index in [4.69, 9.17) is 11.6 Å². The summed E-state index contributed by atoms with van der Waals surface area (Å²) in [5.74, 6) is 0.910. The summed E-state index contributed by atoms with van der Waals surface area (Å²) in [5, 5.41) is 4.78. The summed E-state index contributed by atoms with van der Waals surface area (Å²) in [6.45, 7) is 1.43. The van der Waals surface area contributed by atoms with Crippen molar-refractivity contribution < 1.29 is 8.42 Å². The second-order valence-corrected chi connectivity index (χ2v) is 10.3. The SMILES string of the molecule is Cn1cc(C2=Cc3c(ncnc3N3CCC(NS(=O)(=O)c4ccc(Cl)cc4)CC3)C2)cn1. The van der Waals surface area contributed by atoms with Gasteiger partial charge in [-0.05, 0) is 48.8 Å². The lowest BCUT2D eigenvalue weighted by Gasteiger charge is -2.33. The van der Waals surface area contributed by atoms with Crippen molar-refractivity contribution in [2.24, 2.45) is 7.05 Å². The Labute approximate surface area is 192 Å². The van der Waals surface area contributed by atoms with Crippen LogP contribution in [-0.4, -0.2) is 47.3 Å². The summed E-state index contributed by atoms with van der Waals surface area (Å²) >= 11 is 5.87. The van der Waals surface area contributed by atoms with Crippen molar-refractivity contribution in [2.75, 3.05) is 18.0 Å². The molecule has 0 unspecified atom stereocenters. The lowest BCUT2D eigenvalue weighted by Crippen LogP contribution is -2.45. The van der Waals surface area contributed by atoms with E-state index < -0.39 is 10.0 Å². The summed E-state index contributed by atoms with van der Waals surface area (Å²) in [7, 11) is -1.67. The van der Waals surface area contributed by atoms with E-state index in [1.54, 1.807) is 23.1 Å². The zero-order valence-corrected chi connectivity index (χ0v) is 19.1. The maximum Gasteiger partial charge on any atom is 0.240 e. The second-order valence-electron chi connectivity index (χ2n) is 8.14. The normalized spacial score (nSPS) is 16.8. The molecule has 1 aliphatic carbocycles. The molecule has 0 saturated carbocycles. The third-order valence-electron chi connectivity index (χ3n) is 5.94. The summed E-state index contributed by atoms with van der Waals surface area (Å²) in [6, 6.07) is 6.10. The largest absolute Gasteiger partial charge is 0.356 e. The first kappa shape index (κ1) is 21.1. The number of nitrogens with zero attached hydrogens (tertiary/aromatic N) is 5. The van der Waals surface area contributed by atoms with Crippen LogP contribution in [-0.2, 0) is 23.5 Å². The molecule has 1 aromatic carbocycles. The molecule has 0 atom stereocenters. The molecule has 1 fully saturated rings. The van der Waals surface area contributed by atoms with Crippen molar-refractivity contribution in [1.82, 2.24) is 24.5 Å². The van der Waals surface area contributed by atoms with Gasteiger partial charge in [0.05, 0.1) is 16.8 Å². The molecule has 3 aromatic rings. The first-order valence-electron chi connectivity index (χ1n) is 10.5. The number of rotatable bonds is 5. The topological polar surface area (TPSA) is 93.0 Å². The highest BCUT2D eigenvalue weighted by Crippen LogP contribution is 2.35. The number of anilines is 1. The van der Waals surface area contributed by atoms with E-state index in [2.05, 4.69) is 30.8 Å². The van der Waals surface area contributed by atoms with Crippen LogP contribution in [0.4, 0.5) is 5.82 Å². The molecule has 1 saturated heterocycles. The smallest absolute Gasteiger partial charge is 0.240 e. The van der Waals surface area contributed by atoms with Gasteiger partial charge in [-0.3, -0.25) is 4.68 Å². The first-order chi connectivity index (χ1) is 15.4. The average molecular weight is 471 g/mol. The average Bonchev–Trinajstić information content (AvgIpc) is 3.40. The fourth-order valence-corrected chi connectivity index (χ4v) is 5.68. The molecule has 8 nitrogen and oxygen atoms in total. The van der Waals surface area contributed by atoms with Crippen molar-refractivity contribution in [2.45, 2.75) is 30.2 Å². The van der Waals surface area contributed by atoms with Crippen LogP contribution in [0.15, 0.2) is 47.9 Å². The summed E-state index contributed by atoms with van der Waals surface area (Å²) in [5.41, 5.74) is 4.33. The lowest BCUT2D eigenvalue weighted by atomic mass is 10.1. The number of hydrogen-bond donors (Lipinski definition) is 1. The minimum atomic E-state index is -3.57. The zero-order valence-electron chi connectivity index (χ0n) is 17.6. The third-order valence-corrected chi connectivity index (χ3v) is 7.73. The van der Waals surface area contributed by atoms with Crippen LogP contribution in [0.25, 0.3) is 11.6 Å². The van der Waals surface area contributed by atoms with Gasteiger partial charge in [-0.1, -0.05) is 11.6 Å². The van der Waals surface area contributed by atoms with Gasteiger partial charge in [0.15, 0.2) is 0 Å². The molecule has 32 heavy (non-hydrogen) atoms. The lowest BCUT2D eigenvalue weighted by molar-refractivity contribution is 0.458. The molecule has 0 radical (unpaired) electrons. The number of aryl methyl sites for hydroxylation is 1. The monoisotopic (exact) mass is 470 g/mol. The van der Waals surface area contributed by atoms with E-state index in [-0.39, 0.29) is 10.9 Å². The molecule has 0 bridgehead atoms. The molecule has 2 aliphatic rings. The summed E-state index contributed by atoms with van der Waals surface area (Å²) < 4.78 is 30.0. The summed E-state index contributed by atoms with van der Waals surface area (Å²) in [6.07, 6.45) is 9.79. The van der Waals surface area contributed by atoms with Gasteiger partial charge in [0.25, 0.3) is 0 Å². The highest BCUT2D eigenvalue weighted by molar-refractivity contribution is 7.89. The molecule has 0 amide bonds. The van der Waals surface area contributed by atoms with Crippen LogP contribution in [0.3, 0.4) is 0 Å². The van der Waals surface area contributed by atoms with Gasteiger partial charge in [-0.2, -0.15) is 5.10 Å². The Morgan fingerprint density at radius 3 is 2.56 bits per heavy atom. The van der Waals surface area contributed by atoms with E-state index in [0.717, 1.165) is 29.1 Å². The van der Waals surface area contributed by atoms with Crippen LogP contribution in [0.2, 0.25) is 5.02 Å². The number of nitrogens with one attached hydrogen (secondary N) is 1. The number of allylic oxidation sites excluding steroid dienone is 1. The van der Waals surface area contributed by atoms with Gasteiger partial charge in [-0.25, -0.2) is 23.1 Å². The van der Waals surface area contributed by atoms with Crippen LogP contribution in [0, 0.1) is 0 Å². The van der Waals surface area contributed by atoms with Crippen LogP contribution < -0.4 is 9.62 Å². The number of hydrogen-bond acceptors (Lipinski definition) is 6. The van der Waals surface area contributed by atoms with E-state index in [0.29, 0.717) is 31.0 Å². The molecular formula is C22H23ClN6O2S. The Morgan fingerprint density at radius 2 is 1.88 bits per heavy atom. The molecule has 5 rings (SSSR count). The number of benzene rings is 1. The maximum absolute atomic E-state index is 12.7. The zero-order chi connectivity index (χ0) is 22.3. The van der Waals surface area contributed by atoms with E-state index in [1.165, 1.54) is 17.7 Å². The van der Waals surface area contributed by atoms with Gasteiger partial charge in [0.1, 0.15) is 12.1 Å². The predicted molar refractivity (Wildman–Crippen MR) is 124 cm³/mol. The van der Waals surface area contributed by atoms with Gasteiger partial charge in [-0.15, -0.1) is 0 Å². The quantitative estimate of drug-likeness (QED) is 0.616. The van der Waals surface area contributed by atoms with E-state index >= 15 is 0 Å². The van der Waals surface area contributed by atoms with Crippen molar-refractivity contribution in [3.8, 4) is 0 Å². The predicted octanol–water partition coefficient (Wildman–Crippen LogP) is 2.91. The number of aromatic nitrogens is 4. The van der Waals surface area contributed by atoms with Gasteiger partial charge < -0.3 is 4.90 Å². The summed E-state index contributed by atoms with van der Waals surface area (Å²) in [4.78, 5) is 11.5. The number of fused-ring (bicyclic) bond motifs is 1. The molecule has 1 aliphatic heterocycles. The van der Waals surface area contributed by atoms with E-state index in [1.807, 2.05) is 19.4 Å². The van der Waals surface area contributed by atoms with Gasteiger partial charge in [0.2, 0.25) is 10.0 Å². The Hall–Kier alpha value is -2.75. The fourth-order valence-electron chi connectivity index (χ4n) is 4.25. The Morgan fingerprint density at radius 1 is 1.12 bits per heavy atom. The molecule has 3 heterocycles. The van der Waals surface area contributed by atoms with Crippen molar-refractivity contribution in [3.63, 3.8) is 0 Å². The van der Waals surface area contributed by atoms with Crippen LogP contribution in [0.5, 0.6) is 0 Å². The molecule has 0 spiro atoms. The third kappa shape index (κ3) is 4.15. The van der Waals surface area contributed by atoms with Crippen molar-refractivity contribution in [1.29, 1.82) is 0 Å². The van der Waals surface area contributed by atoms with Crippen molar-refractivity contribution in [3.05, 3.63) is 64.8 Å².